The van der Waals surface area contributed by atoms with Gasteiger partial charge in [-0.25, -0.2) is 8.42 Å². The van der Waals surface area contributed by atoms with E-state index < -0.39 is 9.84 Å². The predicted octanol–water partition coefficient (Wildman–Crippen LogP) is 3.33. The van der Waals surface area contributed by atoms with E-state index in [-0.39, 0.29) is 5.75 Å². The summed E-state index contributed by atoms with van der Waals surface area (Å²) in [5.41, 5.74) is 0.761. The van der Waals surface area contributed by atoms with Crippen LogP contribution in [-0.4, -0.2) is 20.2 Å². The number of nitrogens with one attached hydrogen (secondary N) is 1. The Labute approximate surface area is 116 Å². The number of hydrogen-bond donors (Lipinski definition) is 1. The van der Waals surface area contributed by atoms with E-state index >= 15 is 0 Å². The Bertz CT molecular complexity index is 531. The van der Waals surface area contributed by atoms with E-state index in [0.717, 1.165) is 24.4 Å². The molecule has 0 amide bonds. The van der Waals surface area contributed by atoms with E-state index in [1.165, 1.54) is 0 Å². The smallest absolute Gasteiger partial charge is 0.180 e. The van der Waals surface area contributed by atoms with Gasteiger partial charge < -0.3 is 5.32 Å². The number of benzene rings is 1. The van der Waals surface area contributed by atoms with Gasteiger partial charge in [0.1, 0.15) is 0 Å². The number of rotatable bonds is 5. The Morgan fingerprint density at radius 3 is 2.47 bits per heavy atom. The summed E-state index contributed by atoms with van der Waals surface area (Å²) >= 11 is 0. The minimum Gasteiger partial charge on any atom is -0.381 e. The van der Waals surface area contributed by atoms with Crippen molar-refractivity contribution in [3.8, 4) is 0 Å². The normalized spacial score (nSPS) is 23.2. The highest BCUT2D eigenvalue weighted by atomic mass is 32.2. The molecule has 0 heterocycles. The van der Waals surface area contributed by atoms with Gasteiger partial charge in [0.05, 0.1) is 16.3 Å². The topological polar surface area (TPSA) is 46.2 Å². The van der Waals surface area contributed by atoms with Crippen LogP contribution in [0, 0.1) is 11.8 Å². The first-order chi connectivity index (χ1) is 8.94. The van der Waals surface area contributed by atoms with E-state index in [4.69, 9.17) is 0 Å². The number of sulfone groups is 1. The van der Waals surface area contributed by atoms with Crippen LogP contribution < -0.4 is 5.32 Å². The number of para-hydroxylation sites is 1. The molecule has 1 aromatic rings. The molecule has 0 unspecified atom stereocenters. The SMILES string of the molecule is CCS(=O)(=O)c1ccccc1NC1CC(C(C)C)C1. The van der Waals surface area contributed by atoms with Crippen molar-refractivity contribution in [3.63, 3.8) is 0 Å². The molecular weight excluding hydrogens is 258 g/mol. The van der Waals surface area contributed by atoms with Crippen LogP contribution in [-0.2, 0) is 9.84 Å². The summed E-state index contributed by atoms with van der Waals surface area (Å²) in [6.07, 6.45) is 2.27. The van der Waals surface area contributed by atoms with Crippen molar-refractivity contribution in [2.75, 3.05) is 11.1 Å². The lowest BCUT2D eigenvalue weighted by molar-refractivity contribution is 0.211. The van der Waals surface area contributed by atoms with Crippen molar-refractivity contribution >= 4 is 15.5 Å². The van der Waals surface area contributed by atoms with Crippen LogP contribution in [0.5, 0.6) is 0 Å². The van der Waals surface area contributed by atoms with E-state index in [2.05, 4.69) is 19.2 Å². The molecule has 0 atom stereocenters. The molecule has 106 valence electrons. The number of hydrogen-bond acceptors (Lipinski definition) is 3. The van der Waals surface area contributed by atoms with Crippen molar-refractivity contribution in [2.45, 2.75) is 44.6 Å². The molecule has 0 radical (unpaired) electrons. The zero-order chi connectivity index (χ0) is 14.0. The Morgan fingerprint density at radius 2 is 1.89 bits per heavy atom. The summed E-state index contributed by atoms with van der Waals surface area (Å²) in [5, 5.41) is 3.39. The third-order valence-electron chi connectivity index (χ3n) is 4.08. The lowest BCUT2D eigenvalue weighted by Gasteiger charge is -2.39. The van der Waals surface area contributed by atoms with Crippen molar-refractivity contribution in [3.05, 3.63) is 24.3 Å². The Morgan fingerprint density at radius 1 is 1.26 bits per heavy atom. The predicted molar refractivity (Wildman–Crippen MR) is 79.1 cm³/mol. The maximum Gasteiger partial charge on any atom is 0.180 e. The maximum atomic E-state index is 12.0. The molecule has 0 aliphatic heterocycles. The molecule has 3 nitrogen and oxygen atoms in total. The molecule has 1 aromatic carbocycles. The highest BCUT2D eigenvalue weighted by Gasteiger charge is 2.31. The first kappa shape index (κ1) is 14.4. The van der Waals surface area contributed by atoms with Gasteiger partial charge in [0.25, 0.3) is 0 Å². The Hall–Kier alpha value is -1.03. The maximum absolute atomic E-state index is 12.0. The van der Waals surface area contributed by atoms with Gasteiger partial charge in [0.2, 0.25) is 0 Å². The van der Waals surface area contributed by atoms with Gasteiger partial charge in [-0.15, -0.1) is 0 Å². The van der Waals surface area contributed by atoms with Gasteiger partial charge in [-0.1, -0.05) is 32.9 Å². The molecule has 4 heteroatoms. The largest absolute Gasteiger partial charge is 0.381 e. The molecular formula is C15H23NO2S. The van der Waals surface area contributed by atoms with Crippen molar-refractivity contribution in [2.24, 2.45) is 11.8 Å². The zero-order valence-electron chi connectivity index (χ0n) is 11.9. The van der Waals surface area contributed by atoms with Crippen LogP contribution in [0.4, 0.5) is 5.69 Å². The summed E-state index contributed by atoms with van der Waals surface area (Å²) in [6.45, 7) is 6.18. The summed E-state index contributed by atoms with van der Waals surface area (Å²) in [7, 11) is -3.15. The fourth-order valence-corrected chi connectivity index (χ4v) is 3.62. The van der Waals surface area contributed by atoms with Crippen LogP contribution >= 0.6 is 0 Å². The molecule has 0 saturated heterocycles. The van der Waals surface area contributed by atoms with Gasteiger partial charge in [0.15, 0.2) is 9.84 Å². The average molecular weight is 281 g/mol. The van der Waals surface area contributed by atoms with Crippen LogP contribution in [0.25, 0.3) is 0 Å². The minimum atomic E-state index is -3.15. The lowest BCUT2D eigenvalue weighted by atomic mass is 9.73. The summed E-state index contributed by atoms with van der Waals surface area (Å²) in [4.78, 5) is 0.436. The molecule has 1 N–H and O–H groups in total. The van der Waals surface area contributed by atoms with Crippen LogP contribution in [0.3, 0.4) is 0 Å². The molecule has 2 rings (SSSR count). The third kappa shape index (κ3) is 3.11. The highest BCUT2D eigenvalue weighted by molar-refractivity contribution is 7.91. The monoisotopic (exact) mass is 281 g/mol. The second-order valence-electron chi connectivity index (χ2n) is 5.72. The molecule has 1 aliphatic rings. The second-order valence-corrected chi connectivity index (χ2v) is 7.96. The van der Waals surface area contributed by atoms with Gasteiger partial charge in [-0.3, -0.25) is 0 Å². The lowest BCUT2D eigenvalue weighted by Crippen LogP contribution is -2.38. The standard InChI is InChI=1S/C15H23NO2S/c1-4-19(17,18)15-8-6-5-7-14(15)16-13-9-12(10-13)11(2)3/h5-8,11-13,16H,4,9-10H2,1-3H3. The Balaban J connectivity index is 2.10. The van der Waals surface area contributed by atoms with E-state index in [1.807, 2.05) is 12.1 Å². The van der Waals surface area contributed by atoms with Crippen molar-refractivity contribution in [1.82, 2.24) is 0 Å². The van der Waals surface area contributed by atoms with Gasteiger partial charge >= 0.3 is 0 Å². The highest BCUT2D eigenvalue weighted by Crippen LogP contribution is 2.36. The third-order valence-corrected chi connectivity index (χ3v) is 5.87. The molecule has 0 bridgehead atoms. The molecule has 1 saturated carbocycles. The average Bonchev–Trinajstić information content (AvgIpc) is 2.33. The molecule has 19 heavy (non-hydrogen) atoms. The Kier molecular flexibility index (Phi) is 4.19. The molecule has 0 aromatic heterocycles. The van der Waals surface area contributed by atoms with E-state index in [9.17, 15) is 8.42 Å². The molecule has 1 aliphatic carbocycles. The zero-order valence-corrected chi connectivity index (χ0v) is 12.7. The van der Waals surface area contributed by atoms with Gasteiger partial charge in [-0.2, -0.15) is 0 Å². The van der Waals surface area contributed by atoms with Crippen molar-refractivity contribution < 1.29 is 8.42 Å². The first-order valence-electron chi connectivity index (χ1n) is 7.02. The summed E-state index contributed by atoms with van der Waals surface area (Å²) in [6, 6.07) is 7.65. The van der Waals surface area contributed by atoms with Crippen LogP contribution in [0.15, 0.2) is 29.2 Å². The fourth-order valence-electron chi connectivity index (χ4n) is 2.56. The summed E-state index contributed by atoms with van der Waals surface area (Å²) < 4.78 is 24.1. The van der Waals surface area contributed by atoms with Gasteiger partial charge in [0, 0.05) is 6.04 Å². The van der Waals surface area contributed by atoms with Crippen LogP contribution in [0.1, 0.15) is 33.6 Å². The molecule has 0 spiro atoms. The summed E-state index contributed by atoms with van der Waals surface area (Å²) in [5.74, 6) is 1.63. The second kappa shape index (κ2) is 5.53. The van der Waals surface area contributed by atoms with Crippen molar-refractivity contribution in [1.29, 1.82) is 0 Å². The number of anilines is 1. The quantitative estimate of drug-likeness (QED) is 0.900. The first-order valence-corrected chi connectivity index (χ1v) is 8.67. The van der Waals surface area contributed by atoms with E-state index in [0.29, 0.717) is 16.9 Å². The van der Waals surface area contributed by atoms with E-state index in [1.54, 1.807) is 19.1 Å². The minimum absolute atomic E-state index is 0.144. The van der Waals surface area contributed by atoms with Gasteiger partial charge in [-0.05, 0) is 36.8 Å². The fraction of sp³-hybridized carbons (Fsp3) is 0.600. The van der Waals surface area contributed by atoms with Crippen LogP contribution in [0.2, 0.25) is 0 Å². The molecule has 1 fully saturated rings.